The Bertz CT molecular complexity index is 1220. The lowest BCUT2D eigenvalue weighted by Crippen LogP contribution is -2.72. The number of carbonyl (C=O) groups excluding carboxylic acids is 2. The lowest BCUT2D eigenvalue weighted by atomic mass is 9.86. The van der Waals surface area contributed by atoms with Crippen LogP contribution < -0.4 is 11.1 Å². The summed E-state index contributed by atoms with van der Waals surface area (Å²) in [4.78, 5) is 48.6. The number of nitrogens with two attached hydrogens (primary N) is 1. The van der Waals surface area contributed by atoms with Gasteiger partial charge in [-0.25, -0.2) is 14.8 Å². The van der Waals surface area contributed by atoms with Gasteiger partial charge in [-0.05, 0) is 26.7 Å². The number of fused-ring (bicyclic) bond motifs is 1. The number of nitrogen functional groups attached to an aromatic ring is 1. The van der Waals surface area contributed by atoms with Crippen LogP contribution in [0.3, 0.4) is 0 Å². The molecule has 1 saturated heterocycles. The van der Waals surface area contributed by atoms with E-state index in [1.807, 2.05) is 13.8 Å². The molecule has 0 saturated carbocycles. The van der Waals surface area contributed by atoms with Gasteiger partial charge in [0, 0.05) is 9.78 Å². The lowest BCUT2D eigenvalue weighted by Gasteiger charge is -2.49. The van der Waals surface area contributed by atoms with Crippen LogP contribution in [-0.2, 0) is 14.4 Å². The summed E-state index contributed by atoms with van der Waals surface area (Å²) in [7, 11) is 0. The van der Waals surface area contributed by atoms with Gasteiger partial charge in [0.1, 0.15) is 21.8 Å². The van der Waals surface area contributed by atoms with E-state index in [-0.39, 0.29) is 20.9 Å². The van der Waals surface area contributed by atoms with Crippen molar-refractivity contribution in [2.75, 3.05) is 5.73 Å². The van der Waals surface area contributed by atoms with Crippen molar-refractivity contribution >= 4 is 74.7 Å². The van der Waals surface area contributed by atoms with Gasteiger partial charge in [-0.1, -0.05) is 39.9 Å². The molecule has 2 atom stereocenters. The molecule has 2 aromatic heterocycles. The normalized spacial score (nSPS) is 20.5. The molecule has 33 heavy (non-hydrogen) atoms. The van der Waals surface area contributed by atoms with Crippen LogP contribution in [-0.4, -0.2) is 60.8 Å². The summed E-state index contributed by atoms with van der Waals surface area (Å²) in [6.07, 6.45) is 0.843. The molecule has 2 unspecified atom stereocenters. The van der Waals surface area contributed by atoms with Crippen molar-refractivity contribution < 1.29 is 24.7 Å². The molecule has 15 heteroatoms. The van der Waals surface area contributed by atoms with Crippen molar-refractivity contribution in [3.8, 4) is 0 Å². The van der Waals surface area contributed by atoms with Crippen molar-refractivity contribution in [3.05, 3.63) is 31.2 Å². The number of β-lactam (4-membered cyclic amide) rings is 1. The first-order chi connectivity index (χ1) is 15.6. The van der Waals surface area contributed by atoms with E-state index in [1.54, 1.807) is 0 Å². The third kappa shape index (κ3) is 4.18. The van der Waals surface area contributed by atoms with Gasteiger partial charge in [-0.15, -0.1) is 11.3 Å². The van der Waals surface area contributed by atoms with E-state index >= 15 is 0 Å². The molecule has 174 valence electrons. The number of carboxylic acids is 1. The highest BCUT2D eigenvalue weighted by molar-refractivity contribution is 8.04. The monoisotopic (exact) mass is 528 g/mol. The topological polar surface area (TPSA) is 171 Å². The fraction of sp³-hybridized carbons (Fsp3) is 0.333. The molecule has 11 nitrogen and oxygen atoms in total. The molecular formula is C18H17ClN6O5S3. The number of nitrogens with zero attached hydrogens (tertiary/aromatic N) is 4. The van der Waals surface area contributed by atoms with E-state index in [2.05, 4.69) is 20.4 Å². The molecular weight excluding hydrogens is 512 g/mol. The Labute approximate surface area is 204 Å². The maximum absolute atomic E-state index is 12.9. The fourth-order valence-corrected chi connectivity index (χ4v) is 6.90. The smallest absolute Gasteiger partial charge is 0.353 e. The maximum atomic E-state index is 12.9. The SMILES string of the molecule is Cc1nc(SC2=C(C(=O)O)N3C(=O)C(NC(=O)/C(=N\O)c4nc(N)sc4Cl)C3CC2)sc1C. The average molecular weight is 529 g/mol. The first-order valence-electron chi connectivity index (χ1n) is 9.48. The minimum atomic E-state index is -1.23. The van der Waals surface area contributed by atoms with Crippen molar-refractivity contribution in [2.45, 2.75) is 43.1 Å². The molecule has 0 spiro atoms. The second-order valence-corrected chi connectivity index (χ2v) is 11.4. The number of nitrogens with one attached hydrogen (secondary N) is 1. The Morgan fingerprint density at radius 2 is 2.06 bits per heavy atom. The second-order valence-electron chi connectivity index (χ2n) is 7.19. The first-order valence-corrected chi connectivity index (χ1v) is 12.3. The second kappa shape index (κ2) is 8.93. The van der Waals surface area contributed by atoms with Crippen LogP contribution >= 0.6 is 46.0 Å². The predicted molar refractivity (Wildman–Crippen MR) is 124 cm³/mol. The van der Waals surface area contributed by atoms with E-state index in [0.717, 1.165) is 21.9 Å². The number of allylic oxidation sites excluding steroid dienone is 1. The molecule has 0 aromatic carbocycles. The maximum Gasteiger partial charge on any atom is 0.353 e. The molecule has 0 bridgehead atoms. The zero-order chi connectivity index (χ0) is 24.0. The van der Waals surface area contributed by atoms with Crippen LogP contribution in [0.25, 0.3) is 0 Å². The number of oxime groups is 1. The number of thioether (sulfide) groups is 1. The van der Waals surface area contributed by atoms with Crippen LogP contribution in [0, 0.1) is 13.8 Å². The number of hydrogen-bond acceptors (Lipinski definition) is 11. The summed E-state index contributed by atoms with van der Waals surface area (Å²) in [6.45, 7) is 3.81. The number of rotatable bonds is 6. The third-order valence-corrected chi connectivity index (χ3v) is 8.60. The first kappa shape index (κ1) is 23.5. The Hall–Kier alpha value is -2.68. The summed E-state index contributed by atoms with van der Waals surface area (Å²) in [6, 6.07) is -1.53. The Balaban J connectivity index is 1.54. The summed E-state index contributed by atoms with van der Waals surface area (Å²) in [5, 5.41) is 24.6. The van der Waals surface area contributed by atoms with E-state index in [4.69, 9.17) is 17.3 Å². The lowest BCUT2D eigenvalue weighted by molar-refractivity contribution is -0.155. The number of amides is 2. The zero-order valence-electron chi connectivity index (χ0n) is 17.2. The van der Waals surface area contributed by atoms with Crippen LogP contribution in [0.15, 0.2) is 20.1 Å². The summed E-state index contributed by atoms with van der Waals surface area (Å²) in [5.74, 6) is -2.68. The highest BCUT2D eigenvalue weighted by Crippen LogP contribution is 2.44. The van der Waals surface area contributed by atoms with Crippen LogP contribution in [0.4, 0.5) is 5.13 Å². The number of halogens is 1. The predicted octanol–water partition coefficient (Wildman–Crippen LogP) is 2.21. The summed E-state index contributed by atoms with van der Waals surface area (Å²) >= 11 is 9.59. The molecule has 4 heterocycles. The Morgan fingerprint density at radius 1 is 1.33 bits per heavy atom. The molecule has 2 aliphatic rings. The molecule has 0 aliphatic carbocycles. The Morgan fingerprint density at radius 3 is 2.61 bits per heavy atom. The number of carboxylic acid groups (broad SMARTS) is 1. The van der Waals surface area contributed by atoms with Crippen LogP contribution in [0.2, 0.25) is 4.34 Å². The molecule has 5 N–H and O–H groups in total. The number of aryl methyl sites for hydroxylation is 2. The van der Waals surface area contributed by atoms with Crippen molar-refractivity contribution in [1.82, 2.24) is 20.2 Å². The zero-order valence-corrected chi connectivity index (χ0v) is 20.4. The van der Waals surface area contributed by atoms with Crippen molar-refractivity contribution in [2.24, 2.45) is 5.16 Å². The molecule has 4 rings (SSSR count). The highest BCUT2D eigenvalue weighted by Gasteiger charge is 2.54. The van der Waals surface area contributed by atoms with Gasteiger partial charge >= 0.3 is 5.97 Å². The quantitative estimate of drug-likeness (QED) is 0.190. The molecule has 1 fully saturated rings. The van der Waals surface area contributed by atoms with Crippen molar-refractivity contribution in [1.29, 1.82) is 0 Å². The number of hydrogen-bond donors (Lipinski definition) is 4. The van der Waals surface area contributed by atoms with Gasteiger partial charge in [0.25, 0.3) is 11.8 Å². The average Bonchev–Trinajstić information content (AvgIpc) is 3.25. The minimum Gasteiger partial charge on any atom is -0.477 e. The van der Waals surface area contributed by atoms with Gasteiger partial charge in [0.15, 0.2) is 15.2 Å². The fourth-order valence-electron chi connectivity index (χ4n) is 3.59. The van der Waals surface area contributed by atoms with Crippen LogP contribution in [0.1, 0.15) is 29.1 Å². The molecule has 2 amide bonds. The molecule has 2 aliphatic heterocycles. The number of thiazole rings is 2. The Kier molecular flexibility index (Phi) is 6.35. The largest absolute Gasteiger partial charge is 0.477 e. The van der Waals surface area contributed by atoms with E-state index in [1.165, 1.54) is 28.0 Å². The molecule has 0 radical (unpaired) electrons. The highest BCUT2D eigenvalue weighted by atomic mass is 35.5. The molecule has 2 aromatic rings. The van der Waals surface area contributed by atoms with Gasteiger partial charge in [-0.2, -0.15) is 0 Å². The van der Waals surface area contributed by atoms with E-state index in [0.29, 0.717) is 22.1 Å². The van der Waals surface area contributed by atoms with Crippen molar-refractivity contribution in [3.63, 3.8) is 0 Å². The van der Waals surface area contributed by atoms with E-state index in [9.17, 15) is 24.7 Å². The van der Waals surface area contributed by atoms with Crippen LogP contribution in [0.5, 0.6) is 0 Å². The van der Waals surface area contributed by atoms with E-state index < -0.39 is 35.6 Å². The number of carbonyl (C=O) groups is 3. The summed E-state index contributed by atoms with van der Waals surface area (Å²) < 4.78 is 0.762. The van der Waals surface area contributed by atoms with Gasteiger partial charge < -0.3 is 21.4 Å². The number of aliphatic carboxylic acids is 1. The standard InChI is InChI=1S/C18H17ClN6O5S3/c1-5-6(2)31-18(21-5)32-8-4-3-7-9(15(27)25(7)12(8)16(28)29)22-14(26)11(24-30)10-13(19)33-17(20)23-10/h7,9,30H,3-4H2,1-2H3,(H2,20,23)(H,22,26)(H,28,29)/b24-11-. The minimum absolute atomic E-state index is 0.0557. The number of aromatic nitrogens is 2. The number of anilines is 1. The van der Waals surface area contributed by atoms with Gasteiger partial charge in [0.05, 0.1) is 11.7 Å². The third-order valence-electron chi connectivity index (χ3n) is 5.24. The van der Waals surface area contributed by atoms with Gasteiger partial charge in [-0.3, -0.25) is 14.5 Å². The summed E-state index contributed by atoms with van der Waals surface area (Å²) in [5.41, 5.74) is 5.74. The van der Waals surface area contributed by atoms with Gasteiger partial charge in [0.2, 0.25) is 0 Å².